The average Bonchev–Trinajstić information content (AvgIpc) is 2.94. The summed E-state index contributed by atoms with van der Waals surface area (Å²) >= 11 is 0. The fourth-order valence-corrected chi connectivity index (χ4v) is 6.21. The van der Waals surface area contributed by atoms with Crippen LogP contribution < -0.4 is 0 Å². The summed E-state index contributed by atoms with van der Waals surface area (Å²) in [7, 11) is 0. The summed E-state index contributed by atoms with van der Waals surface area (Å²) in [6.07, 6.45) is 46.1. The first kappa shape index (κ1) is 41.0. The molecule has 0 aromatic rings. The van der Waals surface area contributed by atoms with E-state index in [0.29, 0.717) is 0 Å². The molecule has 0 aliphatic carbocycles. The molecule has 0 saturated heterocycles. The van der Waals surface area contributed by atoms with Gasteiger partial charge in [0.25, 0.3) is 0 Å². The van der Waals surface area contributed by atoms with Crippen molar-refractivity contribution in [3.8, 4) is 0 Å². The van der Waals surface area contributed by atoms with Crippen LogP contribution in [0.25, 0.3) is 0 Å². The number of hydrogen-bond acceptors (Lipinski definition) is 1. The minimum atomic E-state index is 0.891. The molecule has 0 aliphatic rings. The molecule has 248 valence electrons. The first-order chi connectivity index (χ1) is 20.1. The Labute approximate surface area is 262 Å². The Balaban J connectivity index is 3.03. The van der Waals surface area contributed by atoms with E-state index in [9.17, 15) is 0 Å². The molecule has 0 fully saturated rings. The highest BCUT2D eigenvalue weighted by Gasteiger charge is 1.98. The number of hydrogen-bond donors (Lipinski definition) is 0. The van der Waals surface area contributed by atoms with Crippen LogP contribution in [-0.2, 0) is 4.74 Å². The summed E-state index contributed by atoms with van der Waals surface area (Å²) in [5, 5.41) is 0. The Kier molecular flexibility index (Phi) is 36.1. The van der Waals surface area contributed by atoms with Crippen molar-refractivity contribution in [3.05, 3.63) is 0 Å². The van der Waals surface area contributed by atoms with Crippen LogP contribution in [0.2, 0.25) is 0 Å². The molecular weight excluding hydrogens is 496 g/mol. The molecular formula is C40H82O. The van der Waals surface area contributed by atoms with E-state index in [-0.39, 0.29) is 0 Å². The molecule has 1 nitrogen and oxygen atoms in total. The predicted octanol–water partition coefficient (Wildman–Crippen LogP) is 14.8. The van der Waals surface area contributed by atoms with Gasteiger partial charge in [-0.15, -0.1) is 0 Å². The molecule has 0 radical (unpaired) electrons. The molecule has 0 heterocycles. The zero-order chi connectivity index (χ0) is 29.9. The van der Waals surface area contributed by atoms with Crippen molar-refractivity contribution in [2.45, 2.75) is 233 Å². The summed E-state index contributed by atoms with van der Waals surface area (Å²) in [6.45, 7) is 11.4. The zero-order valence-corrected chi connectivity index (χ0v) is 29.6. The van der Waals surface area contributed by atoms with Crippen LogP contribution in [0, 0.1) is 11.8 Å². The fraction of sp³-hybridized carbons (Fsp3) is 1.00. The summed E-state index contributed by atoms with van der Waals surface area (Å²) in [5.41, 5.74) is 0. The second-order valence-corrected chi connectivity index (χ2v) is 14.6. The first-order valence-corrected chi connectivity index (χ1v) is 19.7. The van der Waals surface area contributed by atoms with Gasteiger partial charge in [0.2, 0.25) is 0 Å². The van der Waals surface area contributed by atoms with Crippen molar-refractivity contribution in [1.82, 2.24) is 0 Å². The number of unbranched alkanes of at least 4 members (excludes halogenated alkanes) is 28. The maximum atomic E-state index is 5.89. The fourth-order valence-electron chi connectivity index (χ4n) is 6.21. The van der Waals surface area contributed by atoms with Crippen LogP contribution in [0.4, 0.5) is 0 Å². The Hall–Kier alpha value is -0.0400. The molecule has 0 saturated carbocycles. The van der Waals surface area contributed by atoms with E-state index in [1.165, 1.54) is 205 Å². The lowest BCUT2D eigenvalue weighted by Crippen LogP contribution is -1.97. The van der Waals surface area contributed by atoms with Crippen molar-refractivity contribution in [3.63, 3.8) is 0 Å². The Bertz CT molecular complexity index is 402. The van der Waals surface area contributed by atoms with E-state index in [1.807, 2.05) is 0 Å². The molecule has 0 unspecified atom stereocenters. The third-order valence-corrected chi connectivity index (χ3v) is 9.14. The highest BCUT2D eigenvalue weighted by atomic mass is 16.5. The molecule has 0 aromatic carbocycles. The van der Waals surface area contributed by atoms with Gasteiger partial charge in [0.1, 0.15) is 0 Å². The quantitative estimate of drug-likeness (QED) is 0.0672. The third kappa shape index (κ3) is 40.0. The maximum absolute atomic E-state index is 5.89. The molecule has 0 spiro atoms. The van der Waals surface area contributed by atoms with Crippen molar-refractivity contribution in [1.29, 1.82) is 0 Å². The highest BCUT2D eigenvalue weighted by molar-refractivity contribution is 4.53. The van der Waals surface area contributed by atoms with Crippen LogP contribution in [0.3, 0.4) is 0 Å². The standard InChI is InChI=1S/C40H82O/c1-39(2)35-31-27-23-19-15-11-7-5-9-13-17-21-25-29-33-37-41-38-34-30-26-22-18-14-10-6-8-12-16-20-24-28-32-36-40(3)4/h39-40H,5-38H2,1-4H3. The molecule has 0 atom stereocenters. The summed E-state index contributed by atoms with van der Waals surface area (Å²) in [6, 6.07) is 0. The lowest BCUT2D eigenvalue weighted by molar-refractivity contribution is 0.125. The van der Waals surface area contributed by atoms with E-state index >= 15 is 0 Å². The summed E-state index contributed by atoms with van der Waals surface area (Å²) in [4.78, 5) is 0. The monoisotopic (exact) mass is 579 g/mol. The van der Waals surface area contributed by atoms with Gasteiger partial charge in [0.05, 0.1) is 0 Å². The van der Waals surface area contributed by atoms with Crippen molar-refractivity contribution < 1.29 is 4.74 Å². The largest absolute Gasteiger partial charge is 0.381 e. The molecule has 0 aromatic heterocycles. The van der Waals surface area contributed by atoms with Gasteiger partial charge < -0.3 is 4.74 Å². The predicted molar refractivity (Wildman–Crippen MR) is 188 cm³/mol. The number of rotatable bonds is 36. The van der Waals surface area contributed by atoms with Gasteiger partial charge in [-0.05, 0) is 24.7 Å². The van der Waals surface area contributed by atoms with Crippen molar-refractivity contribution in [2.24, 2.45) is 11.8 Å². The third-order valence-electron chi connectivity index (χ3n) is 9.14. The van der Waals surface area contributed by atoms with Crippen molar-refractivity contribution >= 4 is 0 Å². The van der Waals surface area contributed by atoms with E-state index in [4.69, 9.17) is 4.74 Å². The second kappa shape index (κ2) is 36.2. The normalized spacial score (nSPS) is 11.9. The minimum Gasteiger partial charge on any atom is -0.381 e. The van der Waals surface area contributed by atoms with Gasteiger partial charge in [0.15, 0.2) is 0 Å². The molecule has 1 heteroatoms. The molecule has 0 aliphatic heterocycles. The van der Waals surface area contributed by atoms with Gasteiger partial charge in [-0.3, -0.25) is 0 Å². The first-order valence-electron chi connectivity index (χ1n) is 19.7. The van der Waals surface area contributed by atoms with E-state index in [0.717, 1.165) is 25.0 Å². The Morgan fingerprint density at radius 3 is 0.610 bits per heavy atom. The van der Waals surface area contributed by atoms with Crippen LogP contribution in [0.1, 0.15) is 233 Å². The summed E-state index contributed by atoms with van der Waals surface area (Å²) < 4.78 is 5.89. The highest BCUT2D eigenvalue weighted by Crippen LogP contribution is 2.16. The van der Waals surface area contributed by atoms with E-state index in [1.54, 1.807) is 0 Å². The maximum Gasteiger partial charge on any atom is 0.0466 e. The van der Waals surface area contributed by atoms with E-state index < -0.39 is 0 Å². The Morgan fingerprint density at radius 1 is 0.244 bits per heavy atom. The van der Waals surface area contributed by atoms with Crippen LogP contribution in [0.15, 0.2) is 0 Å². The lowest BCUT2D eigenvalue weighted by atomic mass is 10.0. The SMILES string of the molecule is CC(C)CCCCCCCCCCCCCCCCCOCCCCCCCCCCCCCCCCCC(C)C. The molecule has 0 rings (SSSR count). The number of ether oxygens (including phenoxy) is 1. The topological polar surface area (TPSA) is 9.23 Å². The van der Waals surface area contributed by atoms with Crippen LogP contribution in [-0.4, -0.2) is 13.2 Å². The zero-order valence-electron chi connectivity index (χ0n) is 29.6. The van der Waals surface area contributed by atoms with Gasteiger partial charge in [0, 0.05) is 13.2 Å². The van der Waals surface area contributed by atoms with Gasteiger partial charge in [-0.2, -0.15) is 0 Å². The van der Waals surface area contributed by atoms with Crippen molar-refractivity contribution in [2.75, 3.05) is 13.2 Å². The molecule has 0 amide bonds. The minimum absolute atomic E-state index is 0.891. The smallest absolute Gasteiger partial charge is 0.0466 e. The molecule has 0 bridgehead atoms. The molecule has 0 N–H and O–H groups in total. The molecule has 41 heavy (non-hydrogen) atoms. The second-order valence-electron chi connectivity index (χ2n) is 14.6. The van der Waals surface area contributed by atoms with Crippen LogP contribution in [0.5, 0.6) is 0 Å². The van der Waals surface area contributed by atoms with E-state index in [2.05, 4.69) is 27.7 Å². The van der Waals surface area contributed by atoms with Crippen LogP contribution >= 0.6 is 0 Å². The summed E-state index contributed by atoms with van der Waals surface area (Å²) in [5.74, 6) is 1.78. The Morgan fingerprint density at radius 2 is 0.415 bits per heavy atom. The van der Waals surface area contributed by atoms with Gasteiger partial charge in [-0.1, -0.05) is 220 Å². The lowest BCUT2D eigenvalue weighted by Gasteiger charge is -2.06. The average molecular weight is 579 g/mol. The van der Waals surface area contributed by atoms with Gasteiger partial charge in [-0.25, -0.2) is 0 Å². The van der Waals surface area contributed by atoms with Gasteiger partial charge >= 0.3 is 0 Å².